The summed E-state index contributed by atoms with van der Waals surface area (Å²) in [5, 5.41) is 0. The van der Waals surface area contributed by atoms with Gasteiger partial charge in [-0.25, -0.2) is 0 Å². The SMILES string of the molecule is CC(C)N(CC1CC1)C1(CN)CC2CCC(C1)N2C. The van der Waals surface area contributed by atoms with Crippen LogP contribution in [0.25, 0.3) is 0 Å². The van der Waals surface area contributed by atoms with Crippen LogP contribution in [0.2, 0.25) is 0 Å². The van der Waals surface area contributed by atoms with Crippen LogP contribution < -0.4 is 5.73 Å². The summed E-state index contributed by atoms with van der Waals surface area (Å²) in [7, 11) is 2.32. The highest BCUT2D eigenvalue weighted by Gasteiger charge is 2.50. The van der Waals surface area contributed by atoms with E-state index in [1.807, 2.05) is 0 Å². The lowest BCUT2D eigenvalue weighted by Gasteiger charge is -2.52. The minimum absolute atomic E-state index is 0.287. The van der Waals surface area contributed by atoms with Crippen molar-refractivity contribution in [2.24, 2.45) is 11.7 Å². The van der Waals surface area contributed by atoms with E-state index in [0.717, 1.165) is 24.5 Å². The summed E-state index contributed by atoms with van der Waals surface area (Å²) >= 11 is 0. The number of nitrogens with zero attached hydrogens (tertiary/aromatic N) is 2. The van der Waals surface area contributed by atoms with Crippen LogP contribution in [0.5, 0.6) is 0 Å². The van der Waals surface area contributed by atoms with Crippen molar-refractivity contribution < 1.29 is 0 Å². The first-order valence-electron chi connectivity index (χ1n) is 8.24. The molecule has 2 N–H and O–H groups in total. The van der Waals surface area contributed by atoms with E-state index in [2.05, 4.69) is 30.7 Å². The maximum atomic E-state index is 6.31. The van der Waals surface area contributed by atoms with E-state index in [0.29, 0.717) is 6.04 Å². The van der Waals surface area contributed by atoms with Gasteiger partial charge in [0.1, 0.15) is 0 Å². The van der Waals surface area contributed by atoms with Gasteiger partial charge in [-0.05, 0) is 65.3 Å². The molecule has 3 heteroatoms. The van der Waals surface area contributed by atoms with E-state index in [4.69, 9.17) is 5.73 Å². The lowest BCUT2D eigenvalue weighted by Crippen LogP contribution is -2.63. The summed E-state index contributed by atoms with van der Waals surface area (Å²) in [5.74, 6) is 0.961. The van der Waals surface area contributed by atoms with Gasteiger partial charge in [-0.1, -0.05) is 0 Å². The van der Waals surface area contributed by atoms with Gasteiger partial charge in [0.05, 0.1) is 0 Å². The fourth-order valence-corrected chi connectivity index (χ4v) is 4.59. The number of rotatable bonds is 5. The predicted molar refractivity (Wildman–Crippen MR) is 80.2 cm³/mol. The zero-order valence-corrected chi connectivity index (χ0v) is 12.9. The molecular formula is C16H31N3. The molecule has 1 aliphatic carbocycles. The quantitative estimate of drug-likeness (QED) is 0.826. The van der Waals surface area contributed by atoms with Gasteiger partial charge in [-0.2, -0.15) is 0 Å². The first kappa shape index (κ1) is 13.8. The zero-order valence-electron chi connectivity index (χ0n) is 12.9. The largest absolute Gasteiger partial charge is 0.329 e. The van der Waals surface area contributed by atoms with Gasteiger partial charge in [0, 0.05) is 36.8 Å². The molecular weight excluding hydrogens is 234 g/mol. The zero-order chi connectivity index (χ0) is 13.6. The van der Waals surface area contributed by atoms with Crippen molar-refractivity contribution >= 4 is 0 Å². The second kappa shape index (κ2) is 5.01. The summed E-state index contributed by atoms with van der Waals surface area (Å²) in [6.45, 7) is 6.86. The van der Waals surface area contributed by atoms with E-state index < -0.39 is 0 Å². The predicted octanol–water partition coefficient (Wildman–Crippen LogP) is 2.06. The molecule has 0 spiro atoms. The first-order valence-corrected chi connectivity index (χ1v) is 8.24. The Morgan fingerprint density at radius 1 is 1.16 bits per heavy atom. The molecule has 19 heavy (non-hydrogen) atoms. The van der Waals surface area contributed by atoms with E-state index in [-0.39, 0.29) is 5.54 Å². The van der Waals surface area contributed by atoms with Crippen LogP contribution in [-0.4, -0.2) is 53.6 Å². The standard InChI is InChI=1S/C16H31N3/c1-12(2)19(10-13-4-5-13)16(11-17)8-14-6-7-15(9-16)18(14)3/h12-15H,4-11,17H2,1-3H3. The molecule has 2 unspecified atom stereocenters. The molecule has 2 bridgehead atoms. The Morgan fingerprint density at radius 3 is 2.16 bits per heavy atom. The van der Waals surface area contributed by atoms with Crippen molar-refractivity contribution in [3.63, 3.8) is 0 Å². The molecule has 110 valence electrons. The van der Waals surface area contributed by atoms with Gasteiger partial charge < -0.3 is 10.6 Å². The van der Waals surface area contributed by atoms with Crippen LogP contribution >= 0.6 is 0 Å². The lowest BCUT2D eigenvalue weighted by molar-refractivity contribution is -0.0195. The monoisotopic (exact) mass is 265 g/mol. The average Bonchev–Trinajstić information content (AvgIpc) is 3.17. The minimum atomic E-state index is 0.287. The molecule has 0 radical (unpaired) electrons. The molecule has 3 nitrogen and oxygen atoms in total. The molecule has 2 heterocycles. The van der Waals surface area contributed by atoms with E-state index >= 15 is 0 Å². The summed E-state index contributed by atoms with van der Waals surface area (Å²) < 4.78 is 0. The van der Waals surface area contributed by atoms with Crippen LogP contribution in [0, 0.1) is 5.92 Å². The first-order chi connectivity index (χ1) is 9.05. The van der Waals surface area contributed by atoms with Crippen molar-refractivity contribution in [1.29, 1.82) is 0 Å². The summed E-state index contributed by atoms with van der Waals surface area (Å²) in [6.07, 6.45) is 8.24. The topological polar surface area (TPSA) is 32.5 Å². The van der Waals surface area contributed by atoms with E-state index in [1.165, 1.54) is 45.1 Å². The van der Waals surface area contributed by atoms with Crippen LogP contribution in [0.15, 0.2) is 0 Å². The maximum absolute atomic E-state index is 6.31. The molecule has 3 rings (SSSR count). The van der Waals surface area contributed by atoms with Crippen molar-refractivity contribution in [2.45, 2.75) is 76.0 Å². The van der Waals surface area contributed by atoms with E-state index in [1.54, 1.807) is 0 Å². The van der Waals surface area contributed by atoms with Crippen molar-refractivity contribution in [2.75, 3.05) is 20.1 Å². The number of hydrogen-bond donors (Lipinski definition) is 1. The second-order valence-corrected chi connectivity index (χ2v) is 7.58. The molecule has 0 aromatic carbocycles. The molecule has 2 aliphatic heterocycles. The molecule has 3 fully saturated rings. The van der Waals surface area contributed by atoms with Crippen molar-refractivity contribution in [1.82, 2.24) is 9.80 Å². The molecule has 2 saturated heterocycles. The lowest BCUT2D eigenvalue weighted by atomic mass is 9.80. The summed E-state index contributed by atoms with van der Waals surface area (Å²) in [6, 6.07) is 2.19. The third-order valence-corrected chi connectivity index (χ3v) is 5.98. The average molecular weight is 265 g/mol. The number of nitrogens with two attached hydrogens (primary N) is 1. The van der Waals surface area contributed by atoms with E-state index in [9.17, 15) is 0 Å². The Hall–Kier alpha value is -0.120. The van der Waals surface area contributed by atoms with Crippen LogP contribution in [0.1, 0.15) is 52.4 Å². The van der Waals surface area contributed by atoms with Gasteiger partial charge in [0.25, 0.3) is 0 Å². The van der Waals surface area contributed by atoms with Crippen molar-refractivity contribution in [3.8, 4) is 0 Å². The normalized spacial score (nSPS) is 39.5. The highest BCUT2D eigenvalue weighted by molar-refractivity contribution is 5.07. The highest BCUT2D eigenvalue weighted by Crippen LogP contribution is 2.44. The Balaban J connectivity index is 1.80. The fraction of sp³-hybridized carbons (Fsp3) is 1.00. The van der Waals surface area contributed by atoms with Gasteiger partial charge >= 0.3 is 0 Å². The fourth-order valence-electron chi connectivity index (χ4n) is 4.59. The Bertz CT molecular complexity index is 310. The van der Waals surface area contributed by atoms with Gasteiger partial charge in [-0.3, -0.25) is 4.90 Å². The number of piperidine rings is 1. The van der Waals surface area contributed by atoms with Crippen molar-refractivity contribution in [3.05, 3.63) is 0 Å². The molecule has 0 aromatic rings. The third-order valence-electron chi connectivity index (χ3n) is 5.98. The molecule has 3 aliphatic rings. The van der Waals surface area contributed by atoms with Gasteiger partial charge in [0.15, 0.2) is 0 Å². The second-order valence-electron chi connectivity index (χ2n) is 7.58. The summed E-state index contributed by atoms with van der Waals surface area (Å²) in [5.41, 5.74) is 6.60. The minimum Gasteiger partial charge on any atom is -0.329 e. The number of hydrogen-bond acceptors (Lipinski definition) is 3. The summed E-state index contributed by atoms with van der Waals surface area (Å²) in [4.78, 5) is 5.41. The van der Waals surface area contributed by atoms with Crippen LogP contribution in [0.4, 0.5) is 0 Å². The highest BCUT2D eigenvalue weighted by atomic mass is 15.3. The third kappa shape index (κ3) is 2.45. The van der Waals surface area contributed by atoms with Crippen LogP contribution in [0.3, 0.4) is 0 Å². The van der Waals surface area contributed by atoms with Crippen LogP contribution in [-0.2, 0) is 0 Å². The number of fused-ring (bicyclic) bond motifs is 2. The smallest absolute Gasteiger partial charge is 0.0364 e. The molecule has 0 amide bonds. The molecule has 0 aromatic heterocycles. The Morgan fingerprint density at radius 2 is 1.74 bits per heavy atom. The Labute approximate surface area is 118 Å². The Kier molecular flexibility index (Phi) is 3.65. The van der Waals surface area contributed by atoms with Gasteiger partial charge in [-0.15, -0.1) is 0 Å². The van der Waals surface area contributed by atoms with Gasteiger partial charge in [0.2, 0.25) is 0 Å². The molecule has 2 atom stereocenters. The molecule has 1 saturated carbocycles. The maximum Gasteiger partial charge on any atom is 0.0364 e.